The number of hydrogen-bond acceptors (Lipinski definition) is 2. The van der Waals surface area contributed by atoms with Crippen LogP contribution in [0, 0.1) is 6.07 Å². The Hall–Kier alpha value is -2.29. The van der Waals surface area contributed by atoms with Gasteiger partial charge < -0.3 is 15.8 Å². The van der Waals surface area contributed by atoms with E-state index in [1.165, 1.54) is 0 Å². The molecule has 25 heavy (non-hydrogen) atoms. The Morgan fingerprint density at radius 2 is 1.72 bits per heavy atom. The number of carboxylic acid groups (broad SMARTS) is 1. The molecule has 0 spiro atoms. The zero-order valence-corrected chi connectivity index (χ0v) is 15.7. The van der Waals surface area contributed by atoms with Crippen LogP contribution >= 0.6 is 0 Å². The molecule has 5 heteroatoms. The summed E-state index contributed by atoms with van der Waals surface area (Å²) in [4.78, 5) is 14.5. The van der Waals surface area contributed by atoms with E-state index in [1.807, 2.05) is 72.8 Å². The number of carbonyl (C=O) groups is 1. The summed E-state index contributed by atoms with van der Waals surface area (Å²) < 4.78 is 0. The van der Waals surface area contributed by atoms with Crippen molar-refractivity contribution in [1.82, 2.24) is 4.98 Å². The fourth-order valence-corrected chi connectivity index (χ4v) is 2.01. The number of carboxylic acids is 1. The van der Waals surface area contributed by atoms with Crippen LogP contribution in [0.15, 0.2) is 79.0 Å². The Morgan fingerprint density at radius 1 is 1.04 bits per heavy atom. The molecule has 0 bridgehead atoms. The fraction of sp³-hybridized carbons (Fsp3) is 0.100. The van der Waals surface area contributed by atoms with E-state index >= 15 is 0 Å². The molecule has 0 unspecified atom stereocenters. The standard InChI is InChI=1S/C11H8N.C9H10NO2.Pt/c1-2-6-10(7-3-1)11-8-4-5-9-12-11;10-8(9(11)12)6-7-4-2-1-3-5-7;/h1-6,8-9H;1-5,8,10H,6H2,(H,11,12);/q2*-1;+2/t;8-;/m.0./s1. The molecule has 1 aromatic heterocycles. The Labute approximate surface area is 162 Å². The summed E-state index contributed by atoms with van der Waals surface area (Å²) in [5.74, 6) is -1.07. The minimum Gasteiger partial charge on any atom is -0.665 e. The molecule has 1 atom stereocenters. The molecule has 0 aliphatic heterocycles. The van der Waals surface area contributed by atoms with Gasteiger partial charge in [-0.25, -0.2) is 0 Å². The van der Waals surface area contributed by atoms with E-state index in [-0.39, 0.29) is 27.5 Å². The molecular weight excluding hydrogens is 495 g/mol. The fourth-order valence-electron chi connectivity index (χ4n) is 2.01. The number of nitrogens with zero attached hydrogens (tertiary/aromatic N) is 1. The van der Waals surface area contributed by atoms with E-state index in [1.54, 1.807) is 6.20 Å². The van der Waals surface area contributed by atoms with Crippen molar-refractivity contribution < 1.29 is 31.0 Å². The van der Waals surface area contributed by atoms with Crippen LogP contribution in [0.25, 0.3) is 17.0 Å². The molecule has 4 nitrogen and oxygen atoms in total. The average molecular weight is 513 g/mol. The molecule has 130 valence electrons. The van der Waals surface area contributed by atoms with Gasteiger partial charge in [-0.05, 0) is 29.8 Å². The second kappa shape index (κ2) is 11.3. The van der Waals surface area contributed by atoms with E-state index in [9.17, 15) is 4.79 Å². The van der Waals surface area contributed by atoms with Gasteiger partial charge in [0, 0.05) is 6.20 Å². The molecule has 3 aromatic rings. The number of rotatable bonds is 4. The number of benzene rings is 2. The molecule has 0 radical (unpaired) electrons. The van der Waals surface area contributed by atoms with Gasteiger partial charge in [-0.2, -0.15) is 0 Å². The van der Waals surface area contributed by atoms with Crippen LogP contribution in [0.3, 0.4) is 0 Å². The first-order valence-electron chi connectivity index (χ1n) is 7.53. The van der Waals surface area contributed by atoms with Crippen molar-refractivity contribution in [2.75, 3.05) is 0 Å². The smallest absolute Gasteiger partial charge is 0.665 e. The topological polar surface area (TPSA) is 74.0 Å². The molecule has 0 aliphatic rings. The van der Waals surface area contributed by atoms with E-state index in [0.29, 0.717) is 0 Å². The van der Waals surface area contributed by atoms with Crippen LogP contribution in [0.2, 0.25) is 0 Å². The third-order valence-corrected chi connectivity index (χ3v) is 3.23. The predicted molar refractivity (Wildman–Crippen MR) is 94.4 cm³/mol. The van der Waals surface area contributed by atoms with Gasteiger partial charge in [0.25, 0.3) is 5.97 Å². The summed E-state index contributed by atoms with van der Waals surface area (Å²) in [6.45, 7) is 0. The van der Waals surface area contributed by atoms with Crippen LogP contribution in [0.4, 0.5) is 0 Å². The van der Waals surface area contributed by atoms with Crippen molar-refractivity contribution in [1.29, 1.82) is 0 Å². The number of pyridine rings is 1. The van der Waals surface area contributed by atoms with Crippen molar-refractivity contribution in [3.05, 3.63) is 96.4 Å². The molecule has 2 aromatic carbocycles. The van der Waals surface area contributed by atoms with Crippen LogP contribution in [0.5, 0.6) is 0 Å². The van der Waals surface area contributed by atoms with Gasteiger partial charge in [0.1, 0.15) is 0 Å². The number of nitrogens with one attached hydrogen (secondary N) is 1. The largest absolute Gasteiger partial charge is 2.00 e. The number of aromatic nitrogens is 1. The maximum Gasteiger partial charge on any atom is 2.00 e. The Morgan fingerprint density at radius 3 is 2.28 bits per heavy atom. The van der Waals surface area contributed by atoms with E-state index in [2.05, 4.69) is 11.1 Å². The summed E-state index contributed by atoms with van der Waals surface area (Å²) in [5, 5.41) is 8.46. The van der Waals surface area contributed by atoms with Gasteiger partial charge in [-0.1, -0.05) is 42.5 Å². The third-order valence-electron chi connectivity index (χ3n) is 3.23. The van der Waals surface area contributed by atoms with Crippen molar-refractivity contribution in [2.45, 2.75) is 12.5 Å². The molecule has 0 aliphatic carbocycles. The van der Waals surface area contributed by atoms with Gasteiger partial charge in [0.15, 0.2) is 0 Å². The van der Waals surface area contributed by atoms with Crippen LogP contribution in [0.1, 0.15) is 5.56 Å². The van der Waals surface area contributed by atoms with Gasteiger partial charge in [0.2, 0.25) is 0 Å². The summed E-state index contributed by atoms with van der Waals surface area (Å²) in [5.41, 5.74) is 10.1. The Balaban J connectivity index is 0.000000240. The van der Waals surface area contributed by atoms with Crippen LogP contribution in [-0.4, -0.2) is 22.1 Å². The maximum atomic E-state index is 10.3. The Kier molecular flexibility index (Phi) is 9.38. The summed E-state index contributed by atoms with van der Waals surface area (Å²) >= 11 is 0. The monoisotopic (exact) mass is 513 g/mol. The predicted octanol–water partition coefficient (Wildman–Crippen LogP) is 4.28. The van der Waals surface area contributed by atoms with E-state index in [4.69, 9.17) is 10.8 Å². The third kappa shape index (κ3) is 7.42. The molecule has 2 N–H and O–H groups in total. The zero-order valence-electron chi connectivity index (χ0n) is 13.4. The van der Waals surface area contributed by atoms with Crippen molar-refractivity contribution in [3.63, 3.8) is 0 Å². The first-order chi connectivity index (χ1) is 11.7. The number of hydrogen-bond donors (Lipinski definition) is 1. The second-order valence-electron chi connectivity index (χ2n) is 5.07. The van der Waals surface area contributed by atoms with Gasteiger partial charge in [-0.3, -0.25) is 4.79 Å². The van der Waals surface area contributed by atoms with Crippen LogP contribution < -0.4 is 0 Å². The van der Waals surface area contributed by atoms with Gasteiger partial charge in [0.05, 0.1) is 0 Å². The van der Waals surface area contributed by atoms with Crippen molar-refractivity contribution in [2.24, 2.45) is 0 Å². The average Bonchev–Trinajstić information content (AvgIpc) is 2.64. The second-order valence-corrected chi connectivity index (χ2v) is 5.07. The van der Waals surface area contributed by atoms with Crippen molar-refractivity contribution in [3.8, 4) is 11.3 Å². The molecule has 1 heterocycles. The SMILES string of the molecule is [NH-][C@@H](Cc1ccccc1)C(=O)O.[Pt+2].[c-]1ccccc1-c1ccccn1. The normalized spacial score (nSPS) is 10.6. The minimum absolute atomic E-state index is 0. The summed E-state index contributed by atoms with van der Waals surface area (Å²) in [6, 6.07) is 25.0. The van der Waals surface area contributed by atoms with Gasteiger partial charge >= 0.3 is 21.1 Å². The van der Waals surface area contributed by atoms with Crippen LogP contribution in [-0.2, 0) is 32.3 Å². The zero-order chi connectivity index (χ0) is 17.2. The first-order valence-corrected chi connectivity index (χ1v) is 7.53. The quantitative estimate of drug-likeness (QED) is 0.530. The van der Waals surface area contributed by atoms with E-state index in [0.717, 1.165) is 16.8 Å². The minimum atomic E-state index is -1.07. The molecule has 0 saturated carbocycles. The maximum absolute atomic E-state index is 10.3. The molecule has 0 saturated heterocycles. The van der Waals surface area contributed by atoms with Gasteiger partial charge in [-0.15, -0.1) is 35.9 Å². The molecule has 3 rings (SSSR count). The molecule has 0 fully saturated rings. The summed E-state index contributed by atoms with van der Waals surface area (Å²) in [6.07, 6.45) is 2.06. The summed E-state index contributed by atoms with van der Waals surface area (Å²) in [7, 11) is 0. The first kappa shape index (κ1) is 20.8. The van der Waals surface area contributed by atoms with Crippen molar-refractivity contribution >= 4 is 5.97 Å². The Bertz CT molecular complexity index is 700. The number of aliphatic carboxylic acids is 1. The molecular formula is C20H18N2O2Pt. The molecule has 0 amide bonds. The van der Waals surface area contributed by atoms with E-state index < -0.39 is 12.0 Å².